The van der Waals surface area contributed by atoms with Gasteiger partial charge in [0.05, 0.1) is 14.2 Å². The second-order valence-electron chi connectivity index (χ2n) is 4.27. The van der Waals surface area contributed by atoms with E-state index in [4.69, 9.17) is 18.9 Å². The van der Waals surface area contributed by atoms with E-state index in [1.165, 1.54) is 7.11 Å². The van der Waals surface area contributed by atoms with Crippen LogP contribution in [0.25, 0.3) is 10.8 Å². The van der Waals surface area contributed by atoms with Crippen molar-refractivity contribution >= 4 is 16.7 Å². The van der Waals surface area contributed by atoms with Crippen molar-refractivity contribution in [2.45, 2.75) is 6.92 Å². The maximum atomic E-state index is 11.8. The summed E-state index contributed by atoms with van der Waals surface area (Å²) in [6.07, 6.45) is 0. The first-order valence-corrected chi connectivity index (χ1v) is 6.63. The van der Waals surface area contributed by atoms with Crippen molar-refractivity contribution in [1.29, 1.82) is 0 Å². The molecule has 0 radical (unpaired) electrons. The molecule has 5 nitrogen and oxygen atoms in total. The van der Waals surface area contributed by atoms with Gasteiger partial charge in [-0.3, -0.25) is 0 Å². The fraction of sp³-hybridized carbons (Fsp3) is 0.312. The summed E-state index contributed by atoms with van der Waals surface area (Å²) >= 11 is 0. The van der Waals surface area contributed by atoms with E-state index in [0.29, 0.717) is 23.9 Å². The van der Waals surface area contributed by atoms with Crippen LogP contribution in [0.3, 0.4) is 0 Å². The zero-order chi connectivity index (χ0) is 15.2. The monoisotopic (exact) mass is 290 g/mol. The van der Waals surface area contributed by atoms with Crippen molar-refractivity contribution < 1.29 is 23.7 Å². The molecule has 21 heavy (non-hydrogen) atoms. The molecule has 2 aromatic carbocycles. The number of esters is 1. The van der Waals surface area contributed by atoms with E-state index in [1.54, 1.807) is 7.11 Å². The Hall–Kier alpha value is -2.27. The fourth-order valence-electron chi connectivity index (χ4n) is 2.05. The summed E-state index contributed by atoms with van der Waals surface area (Å²) in [6, 6.07) is 9.39. The quantitative estimate of drug-likeness (QED) is 0.605. The zero-order valence-electron chi connectivity index (χ0n) is 12.3. The minimum Gasteiger partial charge on any atom is -0.493 e. The van der Waals surface area contributed by atoms with Crippen molar-refractivity contribution in [2.75, 3.05) is 27.4 Å². The molecule has 0 unspecified atom stereocenters. The first kappa shape index (κ1) is 15.1. The summed E-state index contributed by atoms with van der Waals surface area (Å²) in [7, 11) is 3.05. The average Bonchev–Trinajstić information content (AvgIpc) is 2.52. The van der Waals surface area contributed by atoms with Crippen molar-refractivity contribution in [2.24, 2.45) is 0 Å². The van der Waals surface area contributed by atoms with Crippen LogP contribution in [0.2, 0.25) is 0 Å². The van der Waals surface area contributed by atoms with Crippen LogP contribution < -0.4 is 14.2 Å². The number of hydrogen-bond acceptors (Lipinski definition) is 5. The summed E-state index contributed by atoms with van der Waals surface area (Å²) in [4.78, 5) is 11.8. The van der Waals surface area contributed by atoms with Gasteiger partial charge in [0.15, 0.2) is 11.5 Å². The summed E-state index contributed by atoms with van der Waals surface area (Å²) in [5.74, 6) is 0.766. The Morgan fingerprint density at radius 2 is 1.86 bits per heavy atom. The lowest BCUT2D eigenvalue weighted by atomic mass is 10.1. The van der Waals surface area contributed by atoms with E-state index >= 15 is 0 Å². The number of benzene rings is 2. The first-order valence-electron chi connectivity index (χ1n) is 6.63. The molecule has 0 bridgehead atoms. The number of methoxy groups -OCH3 is 2. The Labute approximate surface area is 123 Å². The third-order valence-corrected chi connectivity index (χ3v) is 2.99. The molecule has 0 N–H and O–H groups in total. The molecule has 0 spiro atoms. The number of hydrogen-bond donors (Lipinski definition) is 0. The minimum absolute atomic E-state index is 0.106. The number of rotatable bonds is 6. The molecule has 0 atom stereocenters. The minimum atomic E-state index is -0.478. The molecule has 0 fully saturated rings. The summed E-state index contributed by atoms with van der Waals surface area (Å²) < 4.78 is 21.1. The number of carbonyl (C=O) groups is 1. The highest BCUT2D eigenvalue weighted by Crippen LogP contribution is 2.43. The van der Waals surface area contributed by atoms with Crippen LogP contribution in [-0.2, 0) is 9.53 Å². The zero-order valence-corrected chi connectivity index (χ0v) is 12.3. The van der Waals surface area contributed by atoms with Crippen LogP contribution in [0.4, 0.5) is 0 Å². The smallest absolute Gasteiger partial charge is 0.337 e. The Balaban J connectivity index is 2.49. The molecule has 2 aromatic rings. The van der Waals surface area contributed by atoms with E-state index < -0.39 is 5.97 Å². The molecule has 0 saturated heterocycles. The molecule has 112 valence electrons. The normalized spacial score (nSPS) is 10.4. The van der Waals surface area contributed by atoms with Gasteiger partial charge in [0.25, 0.3) is 0 Å². The molecular formula is C16H18O5. The van der Waals surface area contributed by atoms with Gasteiger partial charge in [-0.1, -0.05) is 24.3 Å². The molecule has 0 heterocycles. The molecule has 0 aliphatic rings. The van der Waals surface area contributed by atoms with Gasteiger partial charge in [0, 0.05) is 12.0 Å². The molecule has 0 amide bonds. The van der Waals surface area contributed by atoms with Crippen LogP contribution >= 0.6 is 0 Å². The second kappa shape index (κ2) is 6.95. The van der Waals surface area contributed by atoms with Gasteiger partial charge < -0.3 is 18.9 Å². The maximum absolute atomic E-state index is 11.8. The van der Waals surface area contributed by atoms with E-state index in [1.807, 2.05) is 37.3 Å². The average molecular weight is 290 g/mol. The summed E-state index contributed by atoms with van der Waals surface area (Å²) in [6.45, 7) is 2.16. The Morgan fingerprint density at radius 3 is 2.52 bits per heavy atom. The Kier molecular flexibility index (Phi) is 5.00. The van der Waals surface area contributed by atoms with Gasteiger partial charge in [-0.15, -0.1) is 0 Å². The van der Waals surface area contributed by atoms with E-state index in [9.17, 15) is 4.79 Å². The largest absolute Gasteiger partial charge is 0.493 e. The number of carbonyl (C=O) groups excluding carboxylic acids is 1. The SMILES string of the molecule is CCOCC(=O)Oc1c(OC)c(OC)cc2ccccc12. The van der Waals surface area contributed by atoms with Crippen LogP contribution in [-0.4, -0.2) is 33.4 Å². The molecule has 0 aromatic heterocycles. The van der Waals surface area contributed by atoms with Crippen molar-refractivity contribution in [3.63, 3.8) is 0 Å². The van der Waals surface area contributed by atoms with Gasteiger partial charge in [-0.2, -0.15) is 0 Å². The van der Waals surface area contributed by atoms with Crippen molar-refractivity contribution in [3.05, 3.63) is 30.3 Å². The lowest BCUT2D eigenvalue weighted by molar-refractivity contribution is -0.139. The summed E-state index contributed by atoms with van der Waals surface area (Å²) in [5.41, 5.74) is 0. The standard InChI is InChI=1S/C16H18O5/c1-4-20-10-14(17)21-15-12-8-6-5-7-11(12)9-13(18-2)16(15)19-3/h5-9H,4,10H2,1-3H3. The van der Waals surface area contributed by atoms with Crippen LogP contribution in [0.1, 0.15) is 6.92 Å². The Bertz CT molecular complexity index is 636. The molecule has 2 rings (SSSR count). The molecule has 5 heteroatoms. The first-order chi connectivity index (χ1) is 10.2. The topological polar surface area (TPSA) is 54.0 Å². The number of fused-ring (bicyclic) bond motifs is 1. The highest BCUT2D eigenvalue weighted by atomic mass is 16.6. The molecule has 0 aliphatic heterocycles. The highest BCUT2D eigenvalue weighted by molar-refractivity contribution is 5.95. The van der Waals surface area contributed by atoms with Gasteiger partial charge in [0.1, 0.15) is 6.61 Å². The van der Waals surface area contributed by atoms with E-state index in [2.05, 4.69) is 0 Å². The van der Waals surface area contributed by atoms with Gasteiger partial charge >= 0.3 is 5.97 Å². The van der Waals surface area contributed by atoms with E-state index in [-0.39, 0.29) is 6.61 Å². The predicted octanol–water partition coefficient (Wildman–Crippen LogP) is 2.80. The van der Waals surface area contributed by atoms with Crippen molar-refractivity contribution in [3.8, 4) is 17.2 Å². The molecular weight excluding hydrogens is 272 g/mol. The number of ether oxygens (including phenoxy) is 4. The van der Waals surface area contributed by atoms with E-state index in [0.717, 1.165) is 10.8 Å². The van der Waals surface area contributed by atoms with Gasteiger partial charge in [0.2, 0.25) is 5.75 Å². The molecule has 0 saturated carbocycles. The lowest BCUT2D eigenvalue weighted by Gasteiger charge is -2.15. The van der Waals surface area contributed by atoms with Crippen LogP contribution in [0, 0.1) is 0 Å². The van der Waals surface area contributed by atoms with Crippen molar-refractivity contribution in [1.82, 2.24) is 0 Å². The third kappa shape index (κ3) is 3.25. The second-order valence-corrected chi connectivity index (χ2v) is 4.27. The maximum Gasteiger partial charge on any atom is 0.337 e. The fourth-order valence-corrected chi connectivity index (χ4v) is 2.05. The van der Waals surface area contributed by atoms with Crippen LogP contribution in [0.15, 0.2) is 30.3 Å². The third-order valence-electron chi connectivity index (χ3n) is 2.99. The lowest BCUT2D eigenvalue weighted by Crippen LogP contribution is -2.16. The Morgan fingerprint density at radius 1 is 1.10 bits per heavy atom. The van der Waals surface area contributed by atoms with Gasteiger partial charge in [-0.05, 0) is 18.4 Å². The predicted molar refractivity (Wildman–Crippen MR) is 79.2 cm³/mol. The summed E-state index contributed by atoms with van der Waals surface area (Å²) in [5, 5.41) is 1.68. The molecule has 0 aliphatic carbocycles. The van der Waals surface area contributed by atoms with Crippen LogP contribution in [0.5, 0.6) is 17.2 Å². The highest BCUT2D eigenvalue weighted by Gasteiger charge is 2.19. The van der Waals surface area contributed by atoms with Gasteiger partial charge in [-0.25, -0.2) is 4.79 Å².